The van der Waals surface area contributed by atoms with E-state index in [4.69, 9.17) is 33.2 Å². The lowest BCUT2D eigenvalue weighted by Crippen LogP contribution is -2.63. The Bertz CT molecular complexity index is 1930. The van der Waals surface area contributed by atoms with Gasteiger partial charge in [0.2, 0.25) is 5.88 Å². The normalized spacial score (nSPS) is 22.8. The predicted molar refractivity (Wildman–Crippen MR) is 228 cm³/mol. The van der Waals surface area contributed by atoms with E-state index in [9.17, 15) is 24.0 Å². The van der Waals surface area contributed by atoms with Crippen LogP contribution in [0.5, 0.6) is 5.88 Å². The Kier molecular flexibility index (Phi) is 16.2. The number of aryl methyl sites for hydroxylation is 1. The maximum atomic E-state index is 12.6. The lowest BCUT2D eigenvalue weighted by molar-refractivity contribution is -0.255. The molecular weight excluding hydrogens is 801 g/mol. The van der Waals surface area contributed by atoms with Crippen molar-refractivity contribution >= 4 is 36.0 Å². The Labute approximate surface area is 365 Å². The number of piperidine rings is 1. The highest BCUT2D eigenvalue weighted by Gasteiger charge is 2.52. The molecule has 1 N–H and O–H groups in total. The van der Waals surface area contributed by atoms with Gasteiger partial charge in [-0.1, -0.05) is 44.2 Å². The van der Waals surface area contributed by atoms with Crippen LogP contribution in [0.3, 0.4) is 0 Å². The molecule has 2 aromatic rings. The van der Waals surface area contributed by atoms with Crippen molar-refractivity contribution in [1.29, 1.82) is 0 Å². The number of aromatic amines is 1. The third-order valence-corrected chi connectivity index (χ3v) is 11.6. The minimum atomic E-state index is -1.29. The Morgan fingerprint density at radius 2 is 1.50 bits per heavy atom. The molecule has 1 spiro atoms. The van der Waals surface area contributed by atoms with E-state index in [2.05, 4.69) is 66.2 Å². The van der Waals surface area contributed by atoms with E-state index in [1.54, 1.807) is 0 Å². The maximum absolute atomic E-state index is 12.6. The molecule has 0 saturated carbocycles. The summed E-state index contributed by atoms with van der Waals surface area (Å²) in [5.74, 6) is -2.30. The molecule has 3 fully saturated rings. The van der Waals surface area contributed by atoms with E-state index in [-0.39, 0.29) is 30.6 Å². The summed E-state index contributed by atoms with van der Waals surface area (Å²) in [4.78, 5) is 65.6. The van der Waals surface area contributed by atoms with Gasteiger partial charge in [-0.15, -0.1) is 5.10 Å². The van der Waals surface area contributed by atoms with Crippen LogP contribution in [0, 0.1) is 12.3 Å². The molecule has 3 saturated heterocycles. The maximum Gasteiger partial charge on any atom is 0.410 e. The number of likely N-dealkylation sites (tertiary alicyclic amines) is 2. The van der Waals surface area contributed by atoms with Gasteiger partial charge in [-0.2, -0.15) is 0 Å². The summed E-state index contributed by atoms with van der Waals surface area (Å²) in [5, 5.41) is 7.64. The van der Waals surface area contributed by atoms with Gasteiger partial charge in [0.25, 0.3) is 0 Å². The molecule has 3 aliphatic heterocycles. The summed E-state index contributed by atoms with van der Waals surface area (Å²) in [6, 6.07) is 6.38. The van der Waals surface area contributed by atoms with E-state index in [1.165, 1.54) is 27.7 Å². The summed E-state index contributed by atoms with van der Waals surface area (Å²) in [7, 11) is 0. The van der Waals surface area contributed by atoms with E-state index in [0.29, 0.717) is 12.3 Å². The fraction of sp³-hybridized carbons (Fsp3) is 0.652. The molecule has 5 rings (SSSR count). The van der Waals surface area contributed by atoms with E-state index in [0.717, 1.165) is 86.4 Å². The van der Waals surface area contributed by atoms with Gasteiger partial charge in [0.15, 0.2) is 18.3 Å². The van der Waals surface area contributed by atoms with Crippen molar-refractivity contribution in [3.8, 4) is 5.88 Å². The molecule has 1 amide bonds. The predicted octanol–water partition coefficient (Wildman–Crippen LogP) is 6.06. The average Bonchev–Trinajstić information content (AvgIpc) is 3.78. The van der Waals surface area contributed by atoms with Crippen LogP contribution >= 0.6 is 0 Å². The summed E-state index contributed by atoms with van der Waals surface area (Å²) >= 11 is 0. The molecule has 62 heavy (non-hydrogen) atoms. The summed E-state index contributed by atoms with van der Waals surface area (Å²) in [5.41, 5.74) is 4.74. The molecule has 342 valence electrons. The van der Waals surface area contributed by atoms with E-state index in [1.807, 2.05) is 25.7 Å². The van der Waals surface area contributed by atoms with Gasteiger partial charge in [-0.3, -0.25) is 24.3 Å². The largest absolute Gasteiger partial charge is 0.473 e. The zero-order valence-electron chi connectivity index (χ0n) is 38.1. The Morgan fingerprint density at radius 3 is 2.08 bits per heavy atom. The summed E-state index contributed by atoms with van der Waals surface area (Å²) in [6.45, 7) is 20.7. The first-order valence-electron chi connectivity index (χ1n) is 21.7. The van der Waals surface area contributed by atoms with Gasteiger partial charge < -0.3 is 43.0 Å². The topological polar surface area (TPSA) is 185 Å². The molecule has 0 bridgehead atoms. The Morgan fingerprint density at radius 1 is 0.887 bits per heavy atom. The zero-order chi connectivity index (χ0) is 45.4. The lowest BCUT2D eigenvalue weighted by Gasteiger charge is -2.44. The SMILES string of the molecule is CC(=O)OC[C@H]1OC(COc2n[nH]c(C(C)C)c2Cc2ccc(/C=C/CCN3CCC4(CC3)CCN(C(=O)OC(C)(C)C)C4)cc2C)[C@H](OC(C)=O)[C@@H](OC(C)=O)[C@@H]1OC(C)=O. The van der Waals surface area contributed by atoms with Gasteiger partial charge in [0.05, 0.1) is 0 Å². The second-order valence-electron chi connectivity index (χ2n) is 18.2. The molecule has 16 heteroatoms. The van der Waals surface area contributed by atoms with Crippen LogP contribution < -0.4 is 4.74 Å². The minimum Gasteiger partial charge on any atom is -0.473 e. The van der Waals surface area contributed by atoms with Crippen molar-refractivity contribution in [2.24, 2.45) is 5.41 Å². The van der Waals surface area contributed by atoms with Gasteiger partial charge in [-0.05, 0) is 94.5 Å². The second kappa shape index (κ2) is 20.9. The molecule has 0 radical (unpaired) electrons. The number of ether oxygens (including phenoxy) is 7. The molecule has 1 unspecified atom stereocenters. The number of nitrogens with zero attached hydrogens (tertiary/aromatic N) is 3. The van der Waals surface area contributed by atoms with Crippen LogP contribution in [0.15, 0.2) is 24.3 Å². The number of rotatable bonds is 15. The molecular formula is C46H66N4O12. The third-order valence-electron chi connectivity index (χ3n) is 11.6. The highest BCUT2D eigenvalue weighted by Crippen LogP contribution is 2.41. The van der Waals surface area contributed by atoms with Crippen LogP contribution in [0.2, 0.25) is 0 Å². The number of hydrogen-bond donors (Lipinski definition) is 1. The summed E-state index contributed by atoms with van der Waals surface area (Å²) < 4.78 is 40.1. The molecule has 16 nitrogen and oxygen atoms in total. The zero-order valence-corrected chi connectivity index (χ0v) is 38.1. The molecule has 4 heterocycles. The molecule has 1 aromatic carbocycles. The van der Waals surface area contributed by atoms with Crippen LogP contribution in [0.25, 0.3) is 6.08 Å². The smallest absolute Gasteiger partial charge is 0.410 e. The second-order valence-corrected chi connectivity index (χ2v) is 18.2. The molecule has 5 atom stereocenters. The van der Waals surface area contributed by atoms with Gasteiger partial charge >= 0.3 is 30.0 Å². The number of nitrogens with one attached hydrogen (secondary N) is 1. The van der Waals surface area contributed by atoms with Gasteiger partial charge in [0, 0.05) is 65.0 Å². The van der Waals surface area contributed by atoms with Crippen LogP contribution in [0.1, 0.15) is 122 Å². The fourth-order valence-corrected chi connectivity index (χ4v) is 8.51. The van der Waals surface area contributed by atoms with Crippen molar-refractivity contribution in [3.05, 3.63) is 52.2 Å². The van der Waals surface area contributed by atoms with Crippen molar-refractivity contribution < 1.29 is 57.1 Å². The first-order chi connectivity index (χ1) is 29.2. The number of esters is 4. The quantitative estimate of drug-likeness (QED) is 0.161. The van der Waals surface area contributed by atoms with Crippen molar-refractivity contribution in [2.45, 2.75) is 143 Å². The standard InChI is InChI=1S/C46H66N4O12/c1-28(2)39-36(43(48-47-39)57-26-38-41(59-32(6)53)42(60-33(7)54)40(58-31(5)52)37(61-38)25-56-30(4)51)24-35-15-14-34(23-29(35)3)13-11-12-19-49-20-16-46(17-21-49)18-22-50(27-46)44(55)62-45(8,9)10/h11,13-15,23,28,37-38,40-42H,12,16-22,24-27H2,1-10H3,(H,47,48)/b13-11+/t37-,38?,40-,41+,42+/m1/s1. The van der Waals surface area contributed by atoms with Crippen molar-refractivity contribution in [3.63, 3.8) is 0 Å². The average molecular weight is 867 g/mol. The Hall–Kier alpha value is -4.96. The summed E-state index contributed by atoms with van der Waals surface area (Å²) in [6.07, 6.45) is 2.94. The van der Waals surface area contributed by atoms with E-state index < -0.39 is 60.0 Å². The first kappa shape index (κ1) is 48.1. The number of carbonyl (C=O) groups excluding carboxylic acids is 5. The number of H-pyrrole nitrogens is 1. The number of carbonyl (C=O) groups is 5. The molecule has 0 aliphatic carbocycles. The molecule has 3 aliphatic rings. The van der Waals surface area contributed by atoms with E-state index >= 15 is 0 Å². The lowest BCUT2D eigenvalue weighted by atomic mass is 9.78. The van der Waals surface area contributed by atoms with Crippen LogP contribution in [0.4, 0.5) is 4.79 Å². The van der Waals surface area contributed by atoms with Gasteiger partial charge in [-0.25, -0.2) is 4.79 Å². The minimum absolute atomic E-state index is 0.0820. The number of hydrogen-bond acceptors (Lipinski definition) is 14. The highest BCUT2D eigenvalue weighted by molar-refractivity contribution is 5.69. The molecule has 1 aromatic heterocycles. The highest BCUT2D eigenvalue weighted by atomic mass is 16.7. The first-order valence-corrected chi connectivity index (χ1v) is 21.7. The fourth-order valence-electron chi connectivity index (χ4n) is 8.51. The van der Waals surface area contributed by atoms with Gasteiger partial charge in [0.1, 0.15) is 31.0 Å². The monoisotopic (exact) mass is 866 g/mol. The number of benzene rings is 1. The number of amides is 1. The van der Waals surface area contributed by atoms with Crippen LogP contribution in [-0.2, 0) is 54.0 Å². The van der Waals surface area contributed by atoms with Crippen molar-refractivity contribution in [1.82, 2.24) is 20.0 Å². The van der Waals surface area contributed by atoms with Crippen molar-refractivity contribution in [2.75, 3.05) is 45.9 Å². The number of aromatic nitrogens is 2. The Balaban J connectivity index is 1.21. The van der Waals surface area contributed by atoms with Crippen LogP contribution in [-0.4, -0.2) is 132 Å². The third kappa shape index (κ3) is 13.3.